The summed E-state index contributed by atoms with van der Waals surface area (Å²) in [6.07, 6.45) is 0.903. The van der Waals surface area contributed by atoms with Crippen LogP contribution < -0.4 is 4.90 Å². The van der Waals surface area contributed by atoms with Crippen LogP contribution in [-0.4, -0.2) is 5.91 Å². The average Bonchev–Trinajstić information content (AvgIpc) is 2.79. The molecular formula is C16H15NO. The Kier molecular flexibility index (Phi) is 2.63. The number of nitrogens with zero attached hydrogens (tertiary/aromatic N) is 1. The molecular weight excluding hydrogens is 222 g/mol. The van der Waals surface area contributed by atoms with Gasteiger partial charge in [-0.2, -0.15) is 0 Å². The number of amides is 1. The molecule has 0 bridgehead atoms. The zero-order valence-electron chi connectivity index (χ0n) is 10.3. The van der Waals surface area contributed by atoms with Gasteiger partial charge in [-0.15, -0.1) is 0 Å². The number of carbonyl (C=O) groups excluding carboxylic acids is 1. The van der Waals surface area contributed by atoms with Crippen LogP contribution in [0.15, 0.2) is 54.6 Å². The number of fused-ring (bicyclic) bond motifs is 1. The van der Waals surface area contributed by atoms with Gasteiger partial charge in [0.25, 0.3) is 0 Å². The lowest BCUT2D eigenvalue weighted by Crippen LogP contribution is -2.29. The van der Waals surface area contributed by atoms with Crippen molar-refractivity contribution in [2.24, 2.45) is 0 Å². The molecule has 0 N–H and O–H groups in total. The number of carbonyl (C=O) groups is 1. The van der Waals surface area contributed by atoms with Crippen LogP contribution >= 0.6 is 0 Å². The van der Waals surface area contributed by atoms with Crippen molar-refractivity contribution in [1.82, 2.24) is 0 Å². The summed E-state index contributed by atoms with van der Waals surface area (Å²) in [5.74, 6) is 0.105. The second kappa shape index (κ2) is 4.30. The highest BCUT2D eigenvalue weighted by atomic mass is 16.2. The highest BCUT2D eigenvalue weighted by Gasteiger charge is 2.32. The Morgan fingerprint density at radius 2 is 1.72 bits per heavy atom. The molecule has 0 fully saturated rings. The molecule has 2 aromatic rings. The highest BCUT2D eigenvalue weighted by molar-refractivity contribution is 5.94. The Bertz CT molecular complexity index is 577. The average molecular weight is 237 g/mol. The van der Waals surface area contributed by atoms with Crippen molar-refractivity contribution < 1.29 is 4.79 Å². The lowest BCUT2D eigenvalue weighted by molar-refractivity contribution is -0.116. The molecule has 3 rings (SSSR count). The largest absolute Gasteiger partial charge is 0.305 e. The van der Waals surface area contributed by atoms with Crippen molar-refractivity contribution in [1.29, 1.82) is 0 Å². The van der Waals surface area contributed by atoms with E-state index in [1.54, 1.807) is 6.92 Å². The van der Waals surface area contributed by atoms with Crippen molar-refractivity contribution >= 4 is 11.6 Å². The summed E-state index contributed by atoms with van der Waals surface area (Å²) >= 11 is 0. The molecule has 0 radical (unpaired) electrons. The molecule has 18 heavy (non-hydrogen) atoms. The zero-order valence-corrected chi connectivity index (χ0v) is 10.3. The minimum Gasteiger partial charge on any atom is -0.305 e. The summed E-state index contributed by atoms with van der Waals surface area (Å²) < 4.78 is 0. The normalized spacial score (nSPS) is 17.6. The van der Waals surface area contributed by atoms with Crippen molar-refractivity contribution in [3.8, 4) is 0 Å². The van der Waals surface area contributed by atoms with Crippen molar-refractivity contribution in [3.05, 3.63) is 65.7 Å². The topological polar surface area (TPSA) is 20.3 Å². The number of para-hydroxylation sites is 1. The summed E-state index contributed by atoms with van der Waals surface area (Å²) in [5.41, 5.74) is 3.50. The van der Waals surface area contributed by atoms with Gasteiger partial charge in [0.2, 0.25) is 5.91 Å². The summed E-state index contributed by atoms with van der Waals surface area (Å²) in [6.45, 7) is 1.64. The van der Waals surface area contributed by atoms with E-state index in [1.807, 2.05) is 41.3 Å². The number of hydrogen-bond donors (Lipinski definition) is 0. The Morgan fingerprint density at radius 1 is 1.06 bits per heavy atom. The summed E-state index contributed by atoms with van der Waals surface area (Å²) in [5, 5.41) is 0. The lowest BCUT2D eigenvalue weighted by atomic mass is 10.0. The van der Waals surface area contributed by atoms with Gasteiger partial charge in [0.15, 0.2) is 0 Å². The van der Waals surface area contributed by atoms with E-state index in [0.29, 0.717) is 0 Å². The summed E-state index contributed by atoms with van der Waals surface area (Å²) in [7, 11) is 0. The molecule has 0 aliphatic carbocycles. The molecule has 0 saturated heterocycles. The summed E-state index contributed by atoms with van der Waals surface area (Å²) in [6, 6.07) is 18.5. The van der Waals surface area contributed by atoms with Crippen LogP contribution in [0, 0.1) is 0 Å². The first-order valence-electron chi connectivity index (χ1n) is 6.20. The van der Waals surface area contributed by atoms with E-state index in [2.05, 4.69) is 18.2 Å². The van der Waals surface area contributed by atoms with Gasteiger partial charge in [0.05, 0.1) is 6.04 Å². The molecule has 1 aliphatic rings. The van der Waals surface area contributed by atoms with Crippen LogP contribution in [-0.2, 0) is 11.2 Å². The summed E-state index contributed by atoms with van der Waals surface area (Å²) in [4.78, 5) is 13.8. The van der Waals surface area contributed by atoms with E-state index in [9.17, 15) is 4.79 Å². The van der Waals surface area contributed by atoms with Gasteiger partial charge in [-0.05, 0) is 23.6 Å². The monoisotopic (exact) mass is 237 g/mol. The van der Waals surface area contributed by atoms with E-state index < -0.39 is 0 Å². The van der Waals surface area contributed by atoms with Gasteiger partial charge in [-0.1, -0.05) is 48.5 Å². The molecule has 0 spiro atoms. The Morgan fingerprint density at radius 3 is 2.44 bits per heavy atom. The first kappa shape index (κ1) is 11.0. The Balaban J connectivity index is 2.06. The number of benzene rings is 2. The third kappa shape index (κ3) is 1.70. The first-order valence-corrected chi connectivity index (χ1v) is 6.20. The predicted octanol–water partition coefficient (Wildman–Crippen LogP) is 3.34. The molecule has 1 aliphatic heterocycles. The molecule has 2 nitrogen and oxygen atoms in total. The Hall–Kier alpha value is -2.09. The molecule has 1 atom stereocenters. The highest BCUT2D eigenvalue weighted by Crippen LogP contribution is 2.40. The second-order valence-corrected chi connectivity index (χ2v) is 4.65. The third-order valence-electron chi connectivity index (χ3n) is 3.50. The zero-order chi connectivity index (χ0) is 12.5. The standard InChI is InChI=1S/C16H15NO/c1-12(18)17-15-10-6-5-9-14(15)11-16(17)13-7-3-2-4-8-13/h2-10,16H,11H2,1H3/t16-/m1/s1. The van der Waals surface area contributed by atoms with E-state index in [1.165, 1.54) is 11.1 Å². The minimum atomic E-state index is 0.105. The third-order valence-corrected chi connectivity index (χ3v) is 3.50. The van der Waals surface area contributed by atoms with Crippen LogP contribution in [0.1, 0.15) is 24.1 Å². The van der Waals surface area contributed by atoms with E-state index in [-0.39, 0.29) is 11.9 Å². The SMILES string of the molecule is CC(=O)N1c2ccccc2C[C@@H]1c1ccccc1. The van der Waals surface area contributed by atoms with Gasteiger partial charge >= 0.3 is 0 Å². The second-order valence-electron chi connectivity index (χ2n) is 4.65. The molecule has 1 heterocycles. The van der Waals surface area contributed by atoms with Crippen molar-refractivity contribution in [3.63, 3.8) is 0 Å². The van der Waals surface area contributed by atoms with Crippen LogP contribution in [0.3, 0.4) is 0 Å². The van der Waals surface area contributed by atoms with E-state index >= 15 is 0 Å². The maximum atomic E-state index is 11.9. The molecule has 2 aromatic carbocycles. The molecule has 1 amide bonds. The van der Waals surface area contributed by atoms with Crippen LogP contribution in [0.2, 0.25) is 0 Å². The first-order chi connectivity index (χ1) is 8.77. The molecule has 2 heteroatoms. The smallest absolute Gasteiger partial charge is 0.224 e. The molecule has 0 saturated carbocycles. The van der Waals surface area contributed by atoms with Gasteiger partial charge in [-0.3, -0.25) is 4.79 Å². The predicted molar refractivity (Wildman–Crippen MR) is 72.5 cm³/mol. The molecule has 90 valence electrons. The van der Waals surface area contributed by atoms with E-state index in [0.717, 1.165) is 12.1 Å². The van der Waals surface area contributed by atoms with Gasteiger partial charge in [-0.25, -0.2) is 0 Å². The van der Waals surface area contributed by atoms with Gasteiger partial charge in [0.1, 0.15) is 0 Å². The Labute approximate surface area is 107 Å². The van der Waals surface area contributed by atoms with Crippen LogP contribution in [0.5, 0.6) is 0 Å². The molecule has 0 unspecified atom stereocenters. The van der Waals surface area contributed by atoms with Gasteiger partial charge in [0, 0.05) is 12.6 Å². The van der Waals surface area contributed by atoms with Crippen LogP contribution in [0.4, 0.5) is 5.69 Å². The fourth-order valence-electron chi connectivity index (χ4n) is 2.72. The van der Waals surface area contributed by atoms with Crippen molar-refractivity contribution in [2.45, 2.75) is 19.4 Å². The number of rotatable bonds is 1. The molecule has 0 aromatic heterocycles. The maximum Gasteiger partial charge on any atom is 0.224 e. The fraction of sp³-hybridized carbons (Fsp3) is 0.188. The minimum absolute atomic E-state index is 0.105. The van der Waals surface area contributed by atoms with Crippen LogP contribution in [0.25, 0.3) is 0 Å². The van der Waals surface area contributed by atoms with Gasteiger partial charge < -0.3 is 4.90 Å². The quantitative estimate of drug-likeness (QED) is 0.745. The fourth-order valence-corrected chi connectivity index (χ4v) is 2.72. The number of hydrogen-bond acceptors (Lipinski definition) is 1. The number of anilines is 1. The van der Waals surface area contributed by atoms with E-state index in [4.69, 9.17) is 0 Å². The van der Waals surface area contributed by atoms with Crippen molar-refractivity contribution in [2.75, 3.05) is 4.90 Å². The lowest BCUT2D eigenvalue weighted by Gasteiger charge is -2.24. The maximum absolute atomic E-state index is 11.9.